The van der Waals surface area contributed by atoms with Crippen molar-refractivity contribution in [2.24, 2.45) is 0 Å². The molecule has 0 heterocycles. The summed E-state index contributed by atoms with van der Waals surface area (Å²) in [7, 11) is 5.57. The van der Waals surface area contributed by atoms with Crippen molar-refractivity contribution in [1.82, 2.24) is 0 Å². The Labute approximate surface area is 97.0 Å². The monoisotopic (exact) mass is 238 g/mol. The van der Waals surface area contributed by atoms with Crippen LogP contribution < -0.4 is 15.4 Å². The third-order valence-electron chi connectivity index (χ3n) is 1.73. The van der Waals surface area contributed by atoms with Gasteiger partial charge in [0, 0.05) is 25.8 Å². The molecule has 0 aliphatic heterocycles. The lowest BCUT2D eigenvalue weighted by Gasteiger charge is -2.14. The summed E-state index contributed by atoms with van der Waals surface area (Å²) in [6, 6.07) is 5.71. The highest BCUT2D eigenvalue weighted by Crippen LogP contribution is 2.25. The van der Waals surface area contributed by atoms with Crippen molar-refractivity contribution in [3.8, 4) is 5.75 Å². The van der Waals surface area contributed by atoms with Gasteiger partial charge in [-0.15, -0.1) is 24.8 Å². The third-order valence-corrected chi connectivity index (χ3v) is 1.73. The highest BCUT2D eigenvalue weighted by atomic mass is 35.5. The molecule has 2 N–H and O–H groups in total. The van der Waals surface area contributed by atoms with Crippen LogP contribution in [0.15, 0.2) is 18.2 Å². The number of methoxy groups -OCH3 is 1. The van der Waals surface area contributed by atoms with E-state index in [0.717, 1.165) is 11.4 Å². The summed E-state index contributed by atoms with van der Waals surface area (Å²) in [4.78, 5) is 2.00. The van der Waals surface area contributed by atoms with Crippen LogP contribution in [0.3, 0.4) is 0 Å². The average molecular weight is 239 g/mol. The first-order chi connectivity index (χ1) is 5.65. The summed E-state index contributed by atoms with van der Waals surface area (Å²) < 4.78 is 5.08. The topological polar surface area (TPSA) is 38.5 Å². The first kappa shape index (κ1) is 15.7. The van der Waals surface area contributed by atoms with E-state index in [4.69, 9.17) is 10.5 Å². The normalized spacial score (nSPS) is 8.21. The Hall–Kier alpha value is -0.800. The average Bonchev–Trinajstić information content (AvgIpc) is 2.05. The molecule has 3 nitrogen and oxygen atoms in total. The van der Waals surface area contributed by atoms with E-state index in [1.165, 1.54) is 0 Å². The lowest BCUT2D eigenvalue weighted by molar-refractivity contribution is 0.417. The molecule has 1 aromatic rings. The van der Waals surface area contributed by atoms with Crippen LogP contribution in [0.2, 0.25) is 0 Å². The predicted octanol–water partition coefficient (Wildman–Crippen LogP) is 2.19. The number of ether oxygens (including phenoxy) is 1. The zero-order valence-corrected chi connectivity index (χ0v) is 10.1. The van der Waals surface area contributed by atoms with Gasteiger partial charge in [-0.25, -0.2) is 0 Å². The Morgan fingerprint density at radius 3 is 2.21 bits per heavy atom. The second-order valence-corrected chi connectivity index (χ2v) is 2.82. The molecule has 0 aromatic heterocycles. The molecule has 0 aliphatic rings. The Morgan fingerprint density at radius 2 is 1.79 bits per heavy atom. The SMILES string of the molecule is COc1cc(N(C)C)ccc1N.Cl.Cl. The van der Waals surface area contributed by atoms with Crippen LogP contribution in [0.1, 0.15) is 0 Å². The van der Waals surface area contributed by atoms with Gasteiger partial charge in [-0.1, -0.05) is 0 Å². The van der Waals surface area contributed by atoms with Crippen molar-refractivity contribution in [3.05, 3.63) is 18.2 Å². The van der Waals surface area contributed by atoms with Crippen LogP contribution in [0.25, 0.3) is 0 Å². The zero-order chi connectivity index (χ0) is 9.14. The summed E-state index contributed by atoms with van der Waals surface area (Å²) in [6.07, 6.45) is 0. The van der Waals surface area contributed by atoms with E-state index < -0.39 is 0 Å². The van der Waals surface area contributed by atoms with Crippen molar-refractivity contribution in [1.29, 1.82) is 0 Å². The smallest absolute Gasteiger partial charge is 0.143 e. The summed E-state index contributed by atoms with van der Waals surface area (Å²) in [5, 5.41) is 0. The molecule has 5 heteroatoms. The van der Waals surface area contributed by atoms with E-state index in [-0.39, 0.29) is 24.8 Å². The first-order valence-electron chi connectivity index (χ1n) is 3.76. The van der Waals surface area contributed by atoms with E-state index in [1.54, 1.807) is 7.11 Å². The molecule has 0 saturated heterocycles. The Bertz CT molecular complexity index is 280. The van der Waals surface area contributed by atoms with Crippen LogP contribution in [0.5, 0.6) is 5.75 Å². The molecule has 0 atom stereocenters. The lowest BCUT2D eigenvalue weighted by atomic mass is 10.2. The lowest BCUT2D eigenvalue weighted by Crippen LogP contribution is -2.08. The Balaban J connectivity index is 0. The molecule has 0 bridgehead atoms. The standard InChI is InChI=1S/C9H14N2O.2ClH/c1-11(2)7-4-5-8(10)9(6-7)12-3;;/h4-6H,10H2,1-3H3;2*1H. The summed E-state index contributed by atoms with van der Waals surface area (Å²) in [5.41, 5.74) is 7.41. The minimum atomic E-state index is 0. The van der Waals surface area contributed by atoms with Crippen molar-refractivity contribution in [3.63, 3.8) is 0 Å². The molecule has 0 aliphatic carbocycles. The number of anilines is 2. The minimum absolute atomic E-state index is 0. The number of benzene rings is 1. The van der Waals surface area contributed by atoms with E-state index in [1.807, 2.05) is 37.2 Å². The molecule has 0 unspecified atom stereocenters. The molecule has 0 amide bonds. The molecule has 1 rings (SSSR count). The third kappa shape index (κ3) is 3.52. The second-order valence-electron chi connectivity index (χ2n) is 2.82. The Morgan fingerprint density at radius 1 is 1.21 bits per heavy atom. The van der Waals surface area contributed by atoms with Crippen LogP contribution >= 0.6 is 24.8 Å². The number of hydrogen-bond acceptors (Lipinski definition) is 3. The van der Waals surface area contributed by atoms with E-state index >= 15 is 0 Å². The van der Waals surface area contributed by atoms with Gasteiger partial charge >= 0.3 is 0 Å². The quantitative estimate of drug-likeness (QED) is 0.804. The van der Waals surface area contributed by atoms with Gasteiger partial charge < -0.3 is 15.4 Å². The Kier molecular flexibility index (Phi) is 7.41. The molecule has 14 heavy (non-hydrogen) atoms. The van der Waals surface area contributed by atoms with Gasteiger partial charge in [-0.3, -0.25) is 0 Å². The number of halogens is 2. The fraction of sp³-hybridized carbons (Fsp3) is 0.333. The number of nitrogens with zero attached hydrogens (tertiary/aromatic N) is 1. The van der Waals surface area contributed by atoms with Crippen LogP contribution in [-0.2, 0) is 0 Å². The van der Waals surface area contributed by atoms with E-state index in [2.05, 4.69) is 0 Å². The van der Waals surface area contributed by atoms with Crippen LogP contribution in [0.4, 0.5) is 11.4 Å². The van der Waals surface area contributed by atoms with Gasteiger partial charge in [0.1, 0.15) is 5.75 Å². The number of rotatable bonds is 2. The van der Waals surface area contributed by atoms with Crippen molar-refractivity contribution >= 4 is 36.2 Å². The van der Waals surface area contributed by atoms with Gasteiger partial charge in [0.05, 0.1) is 12.8 Å². The minimum Gasteiger partial charge on any atom is -0.495 e. The molecule has 1 aromatic carbocycles. The summed E-state index contributed by atoms with van der Waals surface area (Å²) >= 11 is 0. The molecular weight excluding hydrogens is 223 g/mol. The number of hydrogen-bond donors (Lipinski definition) is 1. The van der Waals surface area contributed by atoms with E-state index in [9.17, 15) is 0 Å². The maximum absolute atomic E-state index is 5.66. The zero-order valence-electron chi connectivity index (χ0n) is 8.48. The molecule has 0 spiro atoms. The summed E-state index contributed by atoms with van der Waals surface area (Å²) in [6.45, 7) is 0. The van der Waals surface area contributed by atoms with Crippen LogP contribution in [0, 0.1) is 0 Å². The molecule has 0 radical (unpaired) electrons. The van der Waals surface area contributed by atoms with Crippen molar-refractivity contribution in [2.45, 2.75) is 0 Å². The maximum atomic E-state index is 5.66. The van der Waals surface area contributed by atoms with Gasteiger partial charge in [0.15, 0.2) is 0 Å². The second kappa shape index (κ2) is 6.62. The summed E-state index contributed by atoms with van der Waals surface area (Å²) in [5.74, 6) is 0.723. The van der Waals surface area contributed by atoms with Gasteiger partial charge in [0.25, 0.3) is 0 Å². The van der Waals surface area contributed by atoms with Gasteiger partial charge in [-0.05, 0) is 12.1 Å². The highest BCUT2D eigenvalue weighted by molar-refractivity contribution is 5.85. The predicted molar refractivity (Wildman–Crippen MR) is 66.2 cm³/mol. The van der Waals surface area contributed by atoms with Gasteiger partial charge in [0.2, 0.25) is 0 Å². The highest BCUT2D eigenvalue weighted by Gasteiger charge is 2.01. The molecule has 0 fully saturated rings. The molecular formula is C9H16Cl2N2O. The van der Waals surface area contributed by atoms with Crippen LogP contribution in [-0.4, -0.2) is 21.2 Å². The van der Waals surface area contributed by atoms with E-state index in [0.29, 0.717) is 5.69 Å². The fourth-order valence-corrected chi connectivity index (χ4v) is 0.978. The van der Waals surface area contributed by atoms with Crippen molar-refractivity contribution in [2.75, 3.05) is 31.8 Å². The number of nitrogens with two attached hydrogens (primary N) is 1. The largest absolute Gasteiger partial charge is 0.495 e. The number of nitrogen functional groups attached to an aromatic ring is 1. The maximum Gasteiger partial charge on any atom is 0.143 e. The molecule has 82 valence electrons. The fourth-order valence-electron chi connectivity index (χ4n) is 0.978. The van der Waals surface area contributed by atoms with Crippen molar-refractivity contribution < 1.29 is 4.74 Å². The van der Waals surface area contributed by atoms with Gasteiger partial charge in [-0.2, -0.15) is 0 Å². The molecule has 0 saturated carbocycles. The first-order valence-corrected chi connectivity index (χ1v) is 3.76.